The Balaban J connectivity index is 1.51. The number of aromatic nitrogens is 2. The van der Waals surface area contributed by atoms with Gasteiger partial charge < -0.3 is 9.47 Å². The average Bonchev–Trinajstić information content (AvgIpc) is 2.90. The fourth-order valence-electron chi connectivity index (χ4n) is 3.85. The Bertz CT molecular complexity index is 1090. The molecule has 0 fully saturated rings. The van der Waals surface area contributed by atoms with Gasteiger partial charge in [0.1, 0.15) is 12.4 Å². The van der Waals surface area contributed by atoms with Crippen LogP contribution in [0.4, 0.5) is 4.39 Å². The van der Waals surface area contributed by atoms with Crippen LogP contribution in [0.2, 0.25) is 0 Å². The molecular formula is C31H37FN2O2. The van der Waals surface area contributed by atoms with Crippen molar-refractivity contribution in [2.24, 2.45) is 0 Å². The topological polar surface area (TPSA) is 44.2 Å². The first-order valence-corrected chi connectivity index (χ1v) is 12.8. The van der Waals surface area contributed by atoms with E-state index in [1.165, 1.54) is 12.8 Å². The molecule has 36 heavy (non-hydrogen) atoms. The van der Waals surface area contributed by atoms with Crippen molar-refractivity contribution in [2.75, 3.05) is 13.2 Å². The lowest BCUT2D eigenvalue weighted by atomic mass is 10.00. The van der Waals surface area contributed by atoms with E-state index < -0.39 is 0 Å². The van der Waals surface area contributed by atoms with E-state index in [1.54, 1.807) is 24.5 Å². The van der Waals surface area contributed by atoms with Crippen LogP contribution < -0.4 is 4.74 Å². The van der Waals surface area contributed by atoms with Gasteiger partial charge in [-0.1, -0.05) is 81.0 Å². The van der Waals surface area contributed by atoms with Crippen LogP contribution >= 0.6 is 0 Å². The van der Waals surface area contributed by atoms with Crippen molar-refractivity contribution in [3.05, 3.63) is 85.0 Å². The maximum atomic E-state index is 14.9. The Morgan fingerprint density at radius 2 is 1.72 bits per heavy atom. The van der Waals surface area contributed by atoms with Gasteiger partial charge in [-0.05, 0) is 55.4 Å². The highest BCUT2D eigenvalue weighted by Gasteiger charge is 2.07. The molecule has 3 rings (SSSR count). The zero-order chi connectivity index (χ0) is 25.6. The minimum Gasteiger partial charge on any atom is -0.459 e. The van der Waals surface area contributed by atoms with Crippen LogP contribution in [0.5, 0.6) is 6.01 Å². The SMILES string of the molecule is C=CCOc1ncc(-c2ccc(-c3ccc(C=CCCCC(C)OCCCCC)cc3F)cc2)cn1. The van der Waals surface area contributed by atoms with Gasteiger partial charge in [-0.2, -0.15) is 0 Å². The van der Waals surface area contributed by atoms with E-state index in [2.05, 4.69) is 36.5 Å². The minimum atomic E-state index is -0.231. The van der Waals surface area contributed by atoms with E-state index in [9.17, 15) is 4.39 Å². The standard InChI is InChI=1S/C31H37FN2O2/c1-4-6-10-20-35-24(3)11-8-7-9-12-25-13-18-29(30(32)21-25)27-16-14-26(15-17-27)28-22-33-31(34-23-28)36-19-5-2/h5,9,12-18,21-24H,2,4,6-8,10-11,19-20H2,1,3H3. The molecule has 0 aliphatic carbocycles. The van der Waals surface area contributed by atoms with Crippen LogP contribution in [-0.4, -0.2) is 29.3 Å². The molecule has 0 bridgehead atoms. The zero-order valence-corrected chi connectivity index (χ0v) is 21.5. The molecule has 0 spiro atoms. The largest absolute Gasteiger partial charge is 0.459 e. The van der Waals surface area contributed by atoms with Crippen molar-refractivity contribution < 1.29 is 13.9 Å². The lowest BCUT2D eigenvalue weighted by molar-refractivity contribution is 0.0566. The summed E-state index contributed by atoms with van der Waals surface area (Å²) in [6, 6.07) is 13.4. The quantitative estimate of drug-likeness (QED) is 0.159. The third-order valence-electron chi connectivity index (χ3n) is 5.92. The summed E-state index contributed by atoms with van der Waals surface area (Å²) in [5, 5.41) is 0. The smallest absolute Gasteiger partial charge is 0.316 e. The van der Waals surface area contributed by atoms with Crippen molar-refractivity contribution in [1.29, 1.82) is 0 Å². The second-order valence-electron chi connectivity index (χ2n) is 8.89. The fraction of sp³-hybridized carbons (Fsp3) is 0.355. The van der Waals surface area contributed by atoms with Gasteiger partial charge in [0.25, 0.3) is 0 Å². The molecule has 190 valence electrons. The van der Waals surface area contributed by atoms with Crippen molar-refractivity contribution >= 4 is 6.08 Å². The number of nitrogens with zero attached hydrogens (tertiary/aromatic N) is 2. The third kappa shape index (κ3) is 8.72. The van der Waals surface area contributed by atoms with E-state index in [0.717, 1.165) is 54.5 Å². The van der Waals surface area contributed by atoms with E-state index >= 15 is 0 Å². The summed E-state index contributed by atoms with van der Waals surface area (Å²) in [5.41, 5.74) is 4.09. The first-order chi connectivity index (χ1) is 17.6. The summed E-state index contributed by atoms with van der Waals surface area (Å²) in [5.74, 6) is -0.231. The lowest BCUT2D eigenvalue weighted by Gasteiger charge is -2.12. The normalized spacial score (nSPS) is 12.1. The Labute approximate surface area is 214 Å². The summed E-state index contributed by atoms with van der Waals surface area (Å²) in [4.78, 5) is 8.41. The second kappa shape index (κ2) is 14.9. The van der Waals surface area contributed by atoms with Gasteiger partial charge in [0.05, 0.1) is 6.10 Å². The van der Waals surface area contributed by atoms with Gasteiger partial charge in [-0.15, -0.1) is 0 Å². The molecule has 0 saturated carbocycles. The number of allylic oxidation sites excluding steroid dienone is 1. The number of rotatable bonds is 15. The number of ether oxygens (including phenoxy) is 2. The number of hydrogen-bond donors (Lipinski definition) is 0. The summed E-state index contributed by atoms with van der Waals surface area (Å²) >= 11 is 0. The molecule has 0 saturated heterocycles. The molecule has 0 aliphatic heterocycles. The molecule has 2 aromatic carbocycles. The van der Waals surface area contributed by atoms with E-state index in [-0.39, 0.29) is 5.82 Å². The number of hydrogen-bond acceptors (Lipinski definition) is 4. The van der Waals surface area contributed by atoms with Crippen molar-refractivity contribution in [2.45, 2.75) is 58.5 Å². The monoisotopic (exact) mass is 488 g/mol. The van der Waals surface area contributed by atoms with Crippen LogP contribution in [0, 0.1) is 5.82 Å². The lowest BCUT2D eigenvalue weighted by Crippen LogP contribution is -2.08. The van der Waals surface area contributed by atoms with Gasteiger partial charge >= 0.3 is 6.01 Å². The summed E-state index contributed by atoms with van der Waals surface area (Å²) < 4.78 is 26.0. The van der Waals surface area contributed by atoms with E-state index in [0.29, 0.717) is 24.3 Å². The highest BCUT2D eigenvalue weighted by molar-refractivity contribution is 5.71. The van der Waals surface area contributed by atoms with Crippen LogP contribution in [0.15, 0.2) is 73.6 Å². The second-order valence-corrected chi connectivity index (χ2v) is 8.89. The van der Waals surface area contributed by atoms with Crippen LogP contribution in [-0.2, 0) is 4.74 Å². The number of unbranched alkanes of at least 4 members (excludes halogenated alkanes) is 3. The predicted molar refractivity (Wildman–Crippen MR) is 146 cm³/mol. The molecule has 0 N–H and O–H groups in total. The highest BCUT2D eigenvalue weighted by atomic mass is 19.1. The number of halogens is 1. The molecule has 5 heteroatoms. The number of benzene rings is 2. The maximum Gasteiger partial charge on any atom is 0.316 e. The Hall–Kier alpha value is -3.31. The molecule has 4 nitrogen and oxygen atoms in total. The predicted octanol–water partition coefficient (Wildman–Crippen LogP) is 8.29. The zero-order valence-electron chi connectivity index (χ0n) is 21.5. The molecule has 0 aliphatic rings. The average molecular weight is 489 g/mol. The van der Waals surface area contributed by atoms with Gasteiger partial charge in [-0.25, -0.2) is 14.4 Å². The first kappa shape index (κ1) is 27.3. The molecule has 3 aromatic rings. The molecule has 1 heterocycles. The fourth-order valence-corrected chi connectivity index (χ4v) is 3.85. The maximum absolute atomic E-state index is 14.9. The van der Waals surface area contributed by atoms with Crippen molar-refractivity contribution in [3.8, 4) is 28.3 Å². The molecule has 1 unspecified atom stereocenters. The van der Waals surface area contributed by atoms with Gasteiger partial charge in [0, 0.05) is 30.1 Å². The van der Waals surface area contributed by atoms with Crippen LogP contribution in [0.1, 0.15) is 57.9 Å². The summed E-state index contributed by atoms with van der Waals surface area (Å²) in [7, 11) is 0. The summed E-state index contributed by atoms with van der Waals surface area (Å²) in [6.07, 6.45) is 16.1. The van der Waals surface area contributed by atoms with Gasteiger partial charge in [-0.3, -0.25) is 0 Å². The molecule has 0 radical (unpaired) electrons. The molecule has 1 aromatic heterocycles. The van der Waals surface area contributed by atoms with E-state index in [1.807, 2.05) is 42.5 Å². The minimum absolute atomic E-state index is 0.231. The van der Waals surface area contributed by atoms with Crippen molar-refractivity contribution in [1.82, 2.24) is 9.97 Å². The van der Waals surface area contributed by atoms with Gasteiger partial charge in [0.15, 0.2) is 0 Å². The van der Waals surface area contributed by atoms with E-state index in [4.69, 9.17) is 9.47 Å². The Morgan fingerprint density at radius 3 is 2.42 bits per heavy atom. The molecular weight excluding hydrogens is 451 g/mol. The Morgan fingerprint density at radius 1 is 0.972 bits per heavy atom. The summed E-state index contributed by atoms with van der Waals surface area (Å²) in [6.45, 7) is 9.16. The van der Waals surface area contributed by atoms with Crippen molar-refractivity contribution in [3.63, 3.8) is 0 Å². The third-order valence-corrected chi connectivity index (χ3v) is 5.92. The van der Waals surface area contributed by atoms with Crippen LogP contribution in [0.3, 0.4) is 0 Å². The molecule has 0 amide bonds. The Kier molecular flexibility index (Phi) is 11.3. The molecule has 1 atom stereocenters. The van der Waals surface area contributed by atoms with Crippen LogP contribution in [0.25, 0.3) is 28.3 Å². The van der Waals surface area contributed by atoms with Gasteiger partial charge in [0.2, 0.25) is 0 Å². The first-order valence-electron chi connectivity index (χ1n) is 12.8. The highest BCUT2D eigenvalue weighted by Crippen LogP contribution is 2.27.